The van der Waals surface area contributed by atoms with E-state index < -0.39 is 5.38 Å². The van der Waals surface area contributed by atoms with Crippen LogP contribution < -0.4 is 0 Å². The van der Waals surface area contributed by atoms with Crippen molar-refractivity contribution in [3.05, 3.63) is 68.9 Å². The second kappa shape index (κ2) is 5.38. The molecule has 0 bridgehead atoms. The minimum absolute atomic E-state index is 0.370. The Balaban J connectivity index is 2.44. The van der Waals surface area contributed by atoms with E-state index in [-0.39, 0.29) is 5.82 Å². The first-order chi connectivity index (χ1) is 8.09. The smallest absolute Gasteiger partial charge is 0.129 e. The van der Waals surface area contributed by atoms with E-state index in [2.05, 4.69) is 15.9 Å². The summed E-state index contributed by atoms with van der Waals surface area (Å²) in [5.41, 5.74) is 1.22. The van der Waals surface area contributed by atoms with E-state index >= 15 is 0 Å². The van der Waals surface area contributed by atoms with Crippen molar-refractivity contribution in [3.63, 3.8) is 0 Å². The molecule has 2 rings (SSSR count). The average Bonchev–Trinajstić information content (AvgIpc) is 2.34. The Morgan fingerprint density at radius 1 is 1.12 bits per heavy atom. The van der Waals surface area contributed by atoms with Crippen LogP contribution in [0.3, 0.4) is 0 Å². The third-order valence-corrected chi connectivity index (χ3v) is 4.09. The van der Waals surface area contributed by atoms with Crippen LogP contribution in [0.4, 0.5) is 4.39 Å². The molecule has 0 spiro atoms. The summed E-state index contributed by atoms with van der Waals surface area (Å²) in [7, 11) is 0. The summed E-state index contributed by atoms with van der Waals surface area (Å²) in [6, 6.07) is 12.2. The summed E-state index contributed by atoms with van der Waals surface area (Å²) >= 11 is 15.4. The van der Waals surface area contributed by atoms with Gasteiger partial charge >= 0.3 is 0 Å². The maximum Gasteiger partial charge on any atom is 0.129 e. The molecule has 0 heterocycles. The third kappa shape index (κ3) is 2.82. The molecule has 0 radical (unpaired) electrons. The second-order valence-corrected chi connectivity index (χ2v) is 5.26. The first kappa shape index (κ1) is 12.9. The quantitative estimate of drug-likeness (QED) is 0.498. The maximum absolute atomic E-state index is 13.8. The van der Waals surface area contributed by atoms with E-state index in [4.69, 9.17) is 23.2 Å². The average molecular weight is 334 g/mol. The molecule has 0 amide bonds. The molecule has 0 aliphatic carbocycles. The van der Waals surface area contributed by atoms with Crippen molar-refractivity contribution in [1.82, 2.24) is 0 Å². The van der Waals surface area contributed by atoms with Crippen molar-refractivity contribution < 1.29 is 4.39 Å². The molecule has 0 aliphatic rings. The zero-order valence-corrected chi connectivity index (χ0v) is 11.7. The Labute approximate surface area is 117 Å². The number of halogens is 4. The van der Waals surface area contributed by atoms with Gasteiger partial charge in [-0.3, -0.25) is 0 Å². The summed E-state index contributed by atoms with van der Waals surface area (Å²) in [4.78, 5) is 0. The number of hydrogen-bond donors (Lipinski definition) is 0. The Morgan fingerprint density at radius 3 is 2.41 bits per heavy atom. The maximum atomic E-state index is 13.8. The molecule has 1 unspecified atom stereocenters. The second-order valence-electron chi connectivity index (χ2n) is 3.56. The van der Waals surface area contributed by atoms with Gasteiger partial charge in [-0.05, 0) is 33.6 Å². The molecular formula is C13H8BrCl2F. The summed E-state index contributed by atoms with van der Waals surface area (Å²) in [5.74, 6) is -0.370. The zero-order valence-electron chi connectivity index (χ0n) is 8.63. The van der Waals surface area contributed by atoms with Crippen molar-refractivity contribution in [2.75, 3.05) is 0 Å². The van der Waals surface area contributed by atoms with Crippen molar-refractivity contribution >= 4 is 39.1 Å². The van der Waals surface area contributed by atoms with Crippen LogP contribution in [0.25, 0.3) is 0 Å². The molecule has 0 aromatic heterocycles. The fraction of sp³-hybridized carbons (Fsp3) is 0.0769. The number of rotatable bonds is 2. The summed E-state index contributed by atoms with van der Waals surface area (Å²) < 4.78 is 14.3. The van der Waals surface area contributed by atoms with Gasteiger partial charge in [-0.1, -0.05) is 41.9 Å². The predicted molar refractivity (Wildman–Crippen MR) is 73.2 cm³/mol. The highest BCUT2D eigenvalue weighted by molar-refractivity contribution is 9.10. The largest absolute Gasteiger partial charge is 0.207 e. The standard InChI is InChI=1S/C13H8BrCl2F/c14-10-7-12(17)9(6-11(10)15)13(16)8-4-2-1-3-5-8/h1-7,13H. The van der Waals surface area contributed by atoms with Gasteiger partial charge in [0, 0.05) is 10.0 Å². The van der Waals surface area contributed by atoms with Crippen molar-refractivity contribution in [2.45, 2.75) is 5.38 Å². The van der Waals surface area contributed by atoms with Gasteiger partial charge in [0.05, 0.1) is 10.4 Å². The fourth-order valence-electron chi connectivity index (χ4n) is 1.53. The van der Waals surface area contributed by atoms with E-state index in [1.807, 2.05) is 30.3 Å². The van der Waals surface area contributed by atoms with E-state index in [0.29, 0.717) is 15.1 Å². The summed E-state index contributed by atoms with van der Waals surface area (Å²) in [5, 5.41) is -0.0928. The molecule has 2 aromatic rings. The van der Waals surface area contributed by atoms with Gasteiger partial charge in [0.2, 0.25) is 0 Å². The van der Waals surface area contributed by atoms with Crippen LogP contribution in [0.5, 0.6) is 0 Å². The third-order valence-electron chi connectivity index (χ3n) is 2.40. The van der Waals surface area contributed by atoms with E-state index in [0.717, 1.165) is 5.56 Å². The lowest BCUT2D eigenvalue weighted by atomic mass is 10.0. The minimum Gasteiger partial charge on any atom is -0.207 e. The lowest BCUT2D eigenvalue weighted by molar-refractivity contribution is 0.611. The Bertz CT molecular complexity index is 528. The molecule has 2 aromatic carbocycles. The number of benzene rings is 2. The van der Waals surface area contributed by atoms with E-state index in [1.54, 1.807) is 6.07 Å². The Kier molecular flexibility index (Phi) is 4.08. The Morgan fingerprint density at radius 2 is 1.76 bits per heavy atom. The lowest BCUT2D eigenvalue weighted by Crippen LogP contribution is -1.97. The highest BCUT2D eigenvalue weighted by Gasteiger charge is 2.16. The fourth-order valence-corrected chi connectivity index (χ4v) is 2.33. The van der Waals surface area contributed by atoms with Crippen molar-refractivity contribution in [2.24, 2.45) is 0 Å². The monoisotopic (exact) mass is 332 g/mol. The van der Waals surface area contributed by atoms with Gasteiger partial charge in [-0.25, -0.2) is 4.39 Å². The van der Waals surface area contributed by atoms with Gasteiger partial charge in [0.15, 0.2) is 0 Å². The Hall–Kier alpha value is -0.570. The molecule has 0 N–H and O–H groups in total. The van der Waals surface area contributed by atoms with E-state index in [9.17, 15) is 4.39 Å². The van der Waals surface area contributed by atoms with Crippen LogP contribution in [0.15, 0.2) is 46.9 Å². The summed E-state index contributed by atoms with van der Waals surface area (Å²) in [6.07, 6.45) is 0. The highest BCUT2D eigenvalue weighted by atomic mass is 79.9. The molecule has 0 aliphatic heterocycles. The van der Waals surface area contributed by atoms with Crippen LogP contribution in [-0.4, -0.2) is 0 Å². The first-order valence-electron chi connectivity index (χ1n) is 4.93. The molecule has 0 saturated carbocycles. The van der Waals surface area contributed by atoms with Crippen LogP contribution in [-0.2, 0) is 0 Å². The minimum atomic E-state index is -0.540. The molecule has 4 heteroatoms. The van der Waals surface area contributed by atoms with Crippen LogP contribution >= 0.6 is 39.1 Å². The lowest BCUT2D eigenvalue weighted by Gasteiger charge is -2.12. The first-order valence-corrected chi connectivity index (χ1v) is 6.54. The molecule has 0 fully saturated rings. The van der Waals surface area contributed by atoms with Crippen molar-refractivity contribution in [3.8, 4) is 0 Å². The molecular weight excluding hydrogens is 326 g/mol. The molecule has 17 heavy (non-hydrogen) atoms. The normalized spacial score (nSPS) is 12.5. The molecule has 88 valence electrons. The van der Waals surface area contributed by atoms with Crippen LogP contribution in [0, 0.1) is 5.82 Å². The van der Waals surface area contributed by atoms with Gasteiger partial charge in [0.25, 0.3) is 0 Å². The molecule has 1 atom stereocenters. The van der Waals surface area contributed by atoms with Crippen LogP contribution in [0.1, 0.15) is 16.5 Å². The van der Waals surface area contributed by atoms with Gasteiger partial charge in [-0.15, -0.1) is 11.6 Å². The van der Waals surface area contributed by atoms with Crippen molar-refractivity contribution in [1.29, 1.82) is 0 Å². The van der Waals surface area contributed by atoms with E-state index in [1.165, 1.54) is 6.07 Å². The molecule has 0 nitrogen and oxygen atoms in total. The van der Waals surface area contributed by atoms with Gasteiger partial charge in [0.1, 0.15) is 5.82 Å². The predicted octanol–water partition coefficient (Wildman–Crippen LogP) is 5.57. The van der Waals surface area contributed by atoms with Gasteiger partial charge in [-0.2, -0.15) is 0 Å². The van der Waals surface area contributed by atoms with Gasteiger partial charge < -0.3 is 0 Å². The summed E-state index contributed by atoms with van der Waals surface area (Å²) in [6.45, 7) is 0. The van der Waals surface area contributed by atoms with Crippen LogP contribution in [0.2, 0.25) is 5.02 Å². The molecule has 0 saturated heterocycles. The topological polar surface area (TPSA) is 0 Å². The SMILES string of the molecule is Fc1cc(Br)c(Cl)cc1C(Cl)c1ccccc1. The highest BCUT2D eigenvalue weighted by Crippen LogP contribution is 2.34. The zero-order chi connectivity index (χ0) is 12.4. The number of alkyl halides is 1. The number of hydrogen-bond acceptors (Lipinski definition) is 0.